The molecule has 208 valence electrons. The first-order chi connectivity index (χ1) is 19.3. The molecule has 7 rings (SSSR count). The number of carbonyl (C=O) groups excluding carboxylic acids is 1. The maximum Gasteiger partial charge on any atom is 0.409 e. The molecular weight excluding hydrogens is 512 g/mol. The fourth-order valence-electron chi connectivity index (χ4n) is 5.78. The molecule has 40 heavy (non-hydrogen) atoms. The Kier molecular flexibility index (Phi) is 5.55. The number of likely N-dealkylation sites (tertiary alicyclic amines) is 1. The number of methoxy groups -OCH3 is 2. The van der Waals surface area contributed by atoms with Crippen molar-refractivity contribution in [3.05, 3.63) is 40.9 Å². The quantitative estimate of drug-likeness (QED) is 0.327. The number of nitrogens with one attached hydrogen (secondary N) is 3. The lowest BCUT2D eigenvalue weighted by Crippen LogP contribution is -2.51. The lowest BCUT2D eigenvalue weighted by Gasteiger charge is -2.38. The van der Waals surface area contributed by atoms with Crippen LogP contribution in [0.2, 0.25) is 0 Å². The summed E-state index contributed by atoms with van der Waals surface area (Å²) in [7, 11) is 3.08. The zero-order valence-corrected chi connectivity index (χ0v) is 23.2. The number of anilines is 2. The van der Waals surface area contributed by atoms with E-state index in [1.165, 1.54) is 7.11 Å². The van der Waals surface area contributed by atoms with Gasteiger partial charge in [0.2, 0.25) is 0 Å². The molecule has 0 spiro atoms. The van der Waals surface area contributed by atoms with E-state index in [-0.39, 0.29) is 18.3 Å². The van der Waals surface area contributed by atoms with Gasteiger partial charge in [-0.1, -0.05) is 5.16 Å². The predicted octanol–water partition coefficient (Wildman–Crippen LogP) is 4.78. The molecule has 1 saturated carbocycles. The molecule has 2 fully saturated rings. The van der Waals surface area contributed by atoms with E-state index >= 15 is 0 Å². The Labute approximate surface area is 230 Å². The minimum atomic E-state index is -0.315. The number of nitrogens with zero attached hydrogens (tertiary/aromatic N) is 5. The molecule has 0 bridgehead atoms. The number of aliphatic imine (C=N–C) groups is 1. The van der Waals surface area contributed by atoms with Gasteiger partial charge in [-0.2, -0.15) is 5.10 Å². The van der Waals surface area contributed by atoms with Crippen LogP contribution < -0.4 is 15.4 Å². The van der Waals surface area contributed by atoms with Crippen molar-refractivity contribution in [2.24, 2.45) is 4.99 Å². The second kappa shape index (κ2) is 9.04. The zero-order valence-electron chi connectivity index (χ0n) is 23.2. The maximum absolute atomic E-state index is 12.0. The Hall–Kier alpha value is -4.48. The molecule has 1 saturated heterocycles. The van der Waals surface area contributed by atoms with Crippen molar-refractivity contribution in [2.75, 3.05) is 37.9 Å². The Balaban J connectivity index is 1.28. The van der Waals surface area contributed by atoms with Gasteiger partial charge < -0.3 is 34.5 Å². The maximum atomic E-state index is 12.0. The summed E-state index contributed by atoms with van der Waals surface area (Å²) in [6.45, 7) is 6.95. The molecule has 5 heterocycles. The monoisotopic (exact) mass is 544 g/mol. The van der Waals surface area contributed by atoms with Gasteiger partial charge in [-0.3, -0.25) is 0 Å². The number of ether oxygens (including phenoxy) is 2. The highest BCUT2D eigenvalue weighted by Crippen LogP contribution is 2.43. The average Bonchev–Trinajstić information content (AvgIpc) is 3.47. The zero-order chi connectivity index (χ0) is 27.7. The van der Waals surface area contributed by atoms with Gasteiger partial charge in [0.25, 0.3) is 0 Å². The highest BCUT2D eigenvalue weighted by atomic mass is 16.5. The van der Waals surface area contributed by atoms with E-state index in [9.17, 15) is 4.79 Å². The number of carbonyl (C=O) groups is 1. The van der Waals surface area contributed by atoms with Crippen LogP contribution in [0.1, 0.15) is 54.4 Å². The second-order valence-electron chi connectivity index (χ2n) is 10.8. The molecule has 12 heteroatoms. The van der Waals surface area contributed by atoms with Crippen LogP contribution in [-0.2, 0) is 4.74 Å². The summed E-state index contributed by atoms with van der Waals surface area (Å²) in [6.07, 6.45) is 1.84. The third-order valence-electron chi connectivity index (χ3n) is 7.97. The lowest BCUT2D eigenvalue weighted by atomic mass is 10.00. The molecule has 1 aromatic carbocycles. The number of hydrogen-bond acceptors (Lipinski definition) is 9. The van der Waals surface area contributed by atoms with E-state index < -0.39 is 0 Å². The Bertz CT molecular complexity index is 1650. The van der Waals surface area contributed by atoms with Crippen LogP contribution in [-0.4, -0.2) is 70.2 Å². The SMILES string of the molecule is COC(=O)N1CC(n2nc(C3CC3)cc2NC2=NC(C)Nc3[nH]c4cc(-c5c(C)noc5C)c(OC)cc4c32)C1. The molecule has 3 aliphatic rings. The first-order valence-corrected chi connectivity index (χ1v) is 13.6. The molecule has 1 unspecified atom stereocenters. The van der Waals surface area contributed by atoms with Crippen molar-refractivity contribution in [2.45, 2.75) is 51.7 Å². The predicted molar refractivity (Wildman–Crippen MR) is 150 cm³/mol. The van der Waals surface area contributed by atoms with Crippen molar-refractivity contribution in [1.29, 1.82) is 0 Å². The van der Waals surface area contributed by atoms with Crippen molar-refractivity contribution >= 4 is 34.5 Å². The minimum absolute atomic E-state index is 0.0639. The third kappa shape index (κ3) is 3.89. The van der Waals surface area contributed by atoms with Crippen LogP contribution in [0.15, 0.2) is 27.7 Å². The highest BCUT2D eigenvalue weighted by molar-refractivity contribution is 6.20. The smallest absolute Gasteiger partial charge is 0.409 e. The summed E-state index contributed by atoms with van der Waals surface area (Å²) in [5.41, 5.74) is 5.60. The molecular formula is C28H32N8O4. The minimum Gasteiger partial charge on any atom is -0.496 e. The van der Waals surface area contributed by atoms with Crippen LogP contribution >= 0.6 is 0 Å². The number of H-pyrrole nitrogens is 1. The number of aryl methyl sites for hydroxylation is 2. The number of rotatable bonds is 5. The summed E-state index contributed by atoms with van der Waals surface area (Å²) < 4.78 is 18.2. The second-order valence-corrected chi connectivity index (χ2v) is 10.8. The van der Waals surface area contributed by atoms with Gasteiger partial charge >= 0.3 is 6.09 Å². The molecule has 1 amide bonds. The van der Waals surface area contributed by atoms with Gasteiger partial charge in [0, 0.05) is 41.5 Å². The van der Waals surface area contributed by atoms with Crippen molar-refractivity contribution in [1.82, 2.24) is 24.8 Å². The summed E-state index contributed by atoms with van der Waals surface area (Å²) in [5, 5.41) is 17.1. The molecule has 1 atom stereocenters. The number of hydrogen-bond donors (Lipinski definition) is 3. The fourth-order valence-corrected chi connectivity index (χ4v) is 5.78. The standard InChI is InChI=1S/C28H32N8O4/c1-13-24(14(2)40-34-13)19-8-21-18(9-22(19)38-4)25-26(31-21)29-15(3)30-27(25)32-23-10-20(16-6-7-16)33-36(23)17-11-35(12-17)28(37)39-5/h8-10,15-17,29,31H,6-7,11-12H2,1-5H3,(H,30,32). The van der Waals surface area contributed by atoms with E-state index in [2.05, 4.69) is 32.9 Å². The number of amidine groups is 1. The van der Waals surface area contributed by atoms with E-state index in [4.69, 9.17) is 24.1 Å². The van der Waals surface area contributed by atoms with Gasteiger partial charge in [0.05, 0.1) is 42.8 Å². The van der Waals surface area contributed by atoms with Gasteiger partial charge in [0.1, 0.15) is 35.1 Å². The largest absolute Gasteiger partial charge is 0.496 e. The number of aromatic amines is 1. The molecule has 2 aliphatic heterocycles. The Morgan fingerprint density at radius 3 is 2.62 bits per heavy atom. The average molecular weight is 545 g/mol. The fraction of sp³-hybridized carbons (Fsp3) is 0.429. The summed E-state index contributed by atoms with van der Waals surface area (Å²) in [6, 6.07) is 6.30. The van der Waals surface area contributed by atoms with Gasteiger partial charge in [0.15, 0.2) is 0 Å². The third-order valence-corrected chi connectivity index (χ3v) is 7.97. The molecule has 0 radical (unpaired) electrons. The van der Waals surface area contributed by atoms with Crippen LogP contribution in [0.3, 0.4) is 0 Å². The Morgan fingerprint density at radius 2 is 1.95 bits per heavy atom. The lowest BCUT2D eigenvalue weighted by molar-refractivity contribution is 0.0680. The van der Waals surface area contributed by atoms with Crippen LogP contribution in [0.25, 0.3) is 22.0 Å². The van der Waals surface area contributed by atoms with Crippen molar-refractivity contribution in [3.63, 3.8) is 0 Å². The normalized spacial score (nSPS) is 18.7. The van der Waals surface area contributed by atoms with Crippen LogP contribution in [0, 0.1) is 13.8 Å². The van der Waals surface area contributed by atoms with Crippen LogP contribution in [0.4, 0.5) is 16.4 Å². The Morgan fingerprint density at radius 1 is 1.15 bits per heavy atom. The number of amides is 1. The summed E-state index contributed by atoms with van der Waals surface area (Å²) in [5.74, 6) is 4.44. The van der Waals surface area contributed by atoms with Crippen molar-refractivity contribution in [3.8, 4) is 16.9 Å². The van der Waals surface area contributed by atoms with E-state index in [0.717, 1.165) is 80.8 Å². The molecule has 3 aromatic heterocycles. The van der Waals surface area contributed by atoms with Gasteiger partial charge in [-0.25, -0.2) is 14.5 Å². The number of fused-ring (bicyclic) bond motifs is 3. The first-order valence-electron chi connectivity index (χ1n) is 13.6. The number of aromatic nitrogens is 4. The molecule has 12 nitrogen and oxygen atoms in total. The topological polar surface area (TPSA) is 135 Å². The van der Waals surface area contributed by atoms with Crippen LogP contribution in [0.5, 0.6) is 5.75 Å². The van der Waals surface area contributed by atoms with E-state index in [1.54, 1.807) is 12.0 Å². The molecule has 4 aromatic rings. The number of benzene rings is 1. The summed E-state index contributed by atoms with van der Waals surface area (Å²) in [4.78, 5) is 22.1. The van der Waals surface area contributed by atoms with E-state index in [0.29, 0.717) is 19.0 Å². The first kappa shape index (κ1) is 24.6. The molecule has 1 aliphatic carbocycles. The molecule has 3 N–H and O–H groups in total. The van der Waals surface area contributed by atoms with Gasteiger partial charge in [-0.05, 0) is 45.7 Å². The summed E-state index contributed by atoms with van der Waals surface area (Å²) >= 11 is 0. The van der Waals surface area contributed by atoms with Gasteiger partial charge in [-0.15, -0.1) is 0 Å². The van der Waals surface area contributed by atoms with E-state index in [1.807, 2.05) is 31.5 Å². The highest BCUT2D eigenvalue weighted by Gasteiger charge is 2.37. The van der Waals surface area contributed by atoms with Crippen molar-refractivity contribution < 1.29 is 18.8 Å².